The van der Waals surface area contributed by atoms with Gasteiger partial charge < -0.3 is 26.4 Å². The molecule has 0 aliphatic carbocycles. The highest BCUT2D eigenvalue weighted by Gasteiger charge is 2.54. The van der Waals surface area contributed by atoms with Crippen molar-refractivity contribution >= 4 is 17.7 Å². The number of hydrogen-bond acceptors (Lipinski definition) is 5. The molecule has 1 aromatic carbocycles. The maximum absolute atomic E-state index is 13.4. The van der Waals surface area contributed by atoms with Gasteiger partial charge in [0.05, 0.1) is 12.0 Å². The normalized spacial score (nSPS) is 24.9. The number of benzene rings is 1. The molecular weight excluding hydrogens is 408 g/mol. The second-order valence-electron chi connectivity index (χ2n) is 8.84. The SMILES string of the molecule is CCCCCCNC(=O)C1CC2C(=O)NC(CCCCN)C(=O)N2C1c1ccc(O)cc1. The summed E-state index contributed by atoms with van der Waals surface area (Å²) in [5.41, 5.74) is 6.32. The zero-order valence-electron chi connectivity index (χ0n) is 18.9. The monoisotopic (exact) mass is 444 g/mol. The van der Waals surface area contributed by atoms with Gasteiger partial charge in [-0.05, 0) is 56.3 Å². The maximum Gasteiger partial charge on any atom is 0.246 e. The molecule has 0 saturated carbocycles. The third kappa shape index (κ3) is 5.41. The van der Waals surface area contributed by atoms with Crippen LogP contribution in [0.25, 0.3) is 0 Å². The number of carbonyl (C=O) groups excluding carboxylic acids is 3. The zero-order chi connectivity index (χ0) is 23.1. The van der Waals surface area contributed by atoms with Crippen LogP contribution < -0.4 is 16.4 Å². The van der Waals surface area contributed by atoms with E-state index in [4.69, 9.17) is 5.73 Å². The van der Waals surface area contributed by atoms with E-state index in [1.807, 2.05) is 0 Å². The summed E-state index contributed by atoms with van der Waals surface area (Å²) in [6.45, 7) is 3.27. The minimum atomic E-state index is -0.664. The number of phenols is 1. The van der Waals surface area contributed by atoms with Crippen molar-refractivity contribution in [2.75, 3.05) is 13.1 Å². The molecule has 2 aliphatic heterocycles. The third-order valence-electron chi connectivity index (χ3n) is 6.51. The largest absolute Gasteiger partial charge is 0.508 e. The van der Waals surface area contributed by atoms with Gasteiger partial charge in [0.1, 0.15) is 17.8 Å². The predicted octanol–water partition coefficient (Wildman–Crippen LogP) is 1.97. The van der Waals surface area contributed by atoms with Crippen LogP contribution in [0, 0.1) is 5.92 Å². The molecule has 2 saturated heterocycles. The Labute approximate surface area is 189 Å². The number of aromatic hydroxyl groups is 1. The minimum Gasteiger partial charge on any atom is -0.508 e. The first-order chi connectivity index (χ1) is 15.5. The lowest BCUT2D eigenvalue weighted by Gasteiger charge is -2.38. The number of rotatable bonds is 11. The van der Waals surface area contributed by atoms with Gasteiger partial charge in [-0.2, -0.15) is 0 Å². The molecule has 2 aliphatic rings. The van der Waals surface area contributed by atoms with E-state index in [-0.39, 0.29) is 23.5 Å². The molecule has 4 atom stereocenters. The molecule has 0 radical (unpaired) electrons. The average Bonchev–Trinajstić information content (AvgIpc) is 3.19. The first kappa shape index (κ1) is 24.0. The summed E-state index contributed by atoms with van der Waals surface area (Å²) in [6.07, 6.45) is 6.58. The first-order valence-electron chi connectivity index (χ1n) is 11.9. The highest BCUT2D eigenvalue weighted by Crippen LogP contribution is 2.43. The molecule has 0 aromatic heterocycles. The Hall–Kier alpha value is -2.61. The molecule has 2 heterocycles. The molecule has 2 fully saturated rings. The highest BCUT2D eigenvalue weighted by molar-refractivity contribution is 5.99. The second kappa shape index (κ2) is 11.3. The smallest absolute Gasteiger partial charge is 0.246 e. The molecule has 32 heavy (non-hydrogen) atoms. The van der Waals surface area contributed by atoms with E-state index in [1.54, 1.807) is 29.2 Å². The minimum absolute atomic E-state index is 0.114. The number of fused-ring (bicyclic) bond motifs is 1. The van der Waals surface area contributed by atoms with Crippen LogP contribution in [0.15, 0.2) is 24.3 Å². The Bertz CT molecular complexity index is 798. The standard InChI is InChI=1S/C24H36N4O4/c1-2-3-4-7-14-26-22(30)18-15-20-23(31)27-19(8-5-6-13-25)24(32)28(20)21(18)16-9-11-17(29)12-10-16/h9-12,18-21,29H,2-8,13-15,25H2,1H3,(H,26,30)(H,27,31). The lowest BCUT2D eigenvalue weighted by atomic mass is 9.92. The van der Waals surface area contributed by atoms with E-state index < -0.39 is 24.0 Å². The van der Waals surface area contributed by atoms with Gasteiger partial charge in [0.15, 0.2) is 0 Å². The van der Waals surface area contributed by atoms with E-state index >= 15 is 0 Å². The fourth-order valence-electron chi connectivity index (χ4n) is 4.80. The number of nitrogens with one attached hydrogen (secondary N) is 2. The zero-order valence-corrected chi connectivity index (χ0v) is 18.9. The Morgan fingerprint density at radius 1 is 1.16 bits per heavy atom. The maximum atomic E-state index is 13.4. The lowest BCUT2D eigenvalue weighted by molar-refractivity contribution is -0.149. The number of nitrogens with zero attached hydrogens (tertiary/aromatic N) is 1. The fraction of sp³-hybridized carbons (Fsp3) is 0.625. The predicted molar refractivity (Wildman–Crippen MR) is 122 cm³/mol. The topological polar surface area (TPSA) is 125 Å². The summed E-state index contributed by atoms with van der Waals surface area (Å²) in [5.74, 6) is -0.891. The number of phenolic OH excluding ortho intramolecular Hbond substituents is 1. The van der Waals surface area contributed by atoms with Crippen LogP contribution in [0.1, 0.15) is 69.9 Å². The molecule has 4 unspecified atom stereocenters. The molecule has 8 heteroatoms. The van der Waals surface area contributed by atoms with Crippen LogP contribution in [0.2, 0.25) is 0 Å². The summed E-state index contributed by atoms with van der Waals surface area (Å²) in [5, 5.41) is 15.6. The average molecular weight is 445 g/mol. The van der Waals surface area contributed by atoms with Crippen LogP contribution in [0.4, 0.5) is 0 Å². The van der Waals surface area contributed by atoms with Crippen molar-refractivity contribution in [2.45, 2.75) is 76.4 Å². The fourth-order valence-corrected chi connectivity index (χ4v) is 4.80. The van der Waals surface area contributed by atoms with Crippen molar-refractivity contribution < 1.29 is 19.5 Å². The number of nitrogens with two attached hydrogens (primary N) is 1. The summed E-state index contributed by atoms with van der Waals surface area (Å²) in [7, 11) is 0. The molecule has 3 rings (SSSR count). The molecule has 0 bridgehead atoms. The van der Waals surface area contributed by atoms with Crippen LogP contribution in [-0.4, -0.2) is 52.9 Å². The quantitative estimate of drug-likeness (QED) is 0.389. The van der Waals surface area contributed by atoms with E-state index in [0.29, 0.717) is 25.9 Å². The van der Waals surface area contributed by atoms with E-state index in [9.17, 15) is 19.5 Å². The Morgan fingerprint density at radius 3 is 2.59 bits per heavy atom. The summed E-state index contributed by atoms with van der Waals surface area (Å²) in [4.78, 5) is 41.0. The van der Waals surface area contributed by atoms with Crippen molar-refractivity contribution in [3.05, 3.63) is 29.8 Å². The highest BCUT2D eigenvalue weighted by atomic mass is 16.3. The van der Waals surface area contributed by atoms with Gasteiger partial charge in [-0.15, -0.1) is 0 Å². The van der Waals surface area contributed by atoms with Crippen molar-refractivity contribution in [1.82, 2.24) is 15.5 Å². The van der Waals surface area contributed by atoms with Crippen molar-refractivity contribution in [3.63, 3.8) is 0 Å². The Kier molecular flexibility index (Phi) is 8.50. The van der Waals surface area contributed by atoms with Crippen LogP contribution in [0.3, 0.4) is 0 Å². The number of carbonyl (C=O) groups is 3. The summed E-state index contributed by atoms with van der Waals surface area (Å²) in [6, 6.07) is 4.77. The number of unbranched alkanes of at least 4 members (excludes halogenated alkanes) is 4. The van der Waals surface area contributed by atoms with Gasteiger partial charge >= 0.3 is 0 Å². The van der Waals surface area contributed by atoms with Crippen LogP contribution in [0.5, 0.6) is 5.75 Å². The summed E-state index contributed by atoms with van der Waals surface area (Å²) >= 11 is 0. The number of amides is 3. The molecule has 176 valence electrons. The van der Waals surface area contributed by atoms with Crippen LogP contribution in [-0.2, 0) is 14.4 Å². The van der Waals surface area contributed by atoms with Gasteiger partial charge in [0, 0.05) is 6.54 Å². The first-order valence-corrected chi connectivity index (χ1v) is 11.9. The van der Waals surface area contributed by atoms with Gasteiger partial charge in [0.25, 0.3) is 0 Å². The third-order valence-corrected chi connectivity index (χ3v) is 6.51. The van der Waals surface area contributed by atoms with Gasteiger partial charge in [-0.25, -0.2) is 0 Å². The number of piperazine rings is 1. The van der Waals surface area contributed by atoms with E-state index in [0.717, 1.165) is 44.1 Å². The van der Waals surface area contributed by atoms with Gasteiger partial charge in [0.2, 0.25) is 17.7 Å². The van der Waals surface area contributed by atoms with Crippen LogP contribution >= 0.6 is 0 Å². The Balaban J connectivity index is 1.81. The molecule has 8 nitrogen and oxygen atoms in total. The second-order valence-corrected chi connectivity index (χ2v) is 8.84. The molecule has 5 N–H and O–H groups in total. The van der Waals surface area contributed by atoms with Gasteiger partial charge in [-0.3, -0.25) is 14.4 Å². The van der Waals surface area contributed by atoms with Crippen molar-refractivity contribution in [1.29, 1.82) is 0 Å². The van der Waals surface area contributed by atoms with E-state index in [2.05, 4.69) is 17.6 Å². The molecular formula is C24H36N4O4. The van der Waals surface area contributed by atoms with Crippen molar-refractivity contribution in [3.8, 4) is 5.75 Å². The summed E-state index contributed by atoms with van der Waals surface area (Å²) < 4.78 is 0. The van der Waals surface area contributed by atoms with Crippen molar-refractivity contribution in [2.24, 2.45) is 11.7 Å². The van der Waals surface area contributed by atoms with Gasteiger partial charge in [-0.1, -0.05) is 38.3 Å². The molecule has 3 amide bonds. The van der Waals surface area contributed by atoms with E-state index in [1.165, 1.54) is 0 Å². The lowest BCUT2D eigenvalue weighted by Crippen LogP contribution is -2.61. The number of hydrogen-bond donors (Lipinski definition) is 4. The molecule has 0 spiro atoms. The molecule has 1 aromatic rings. The Morgan fingerprint density at radius 2 is 1.91 bits per heavy atom.